The molecular weight excluding hydrogens is 91.0 g/mol. The molecule has 1 atom stereocenters. The van der Waals surface area contributed by atoms with Gasteiger partial charge in [0.15, 0.2) is 0 Å². The minimum absolute atomic E-state index is 0.380. The lowest BCUT2D eigenvalue weighted by atomic mass is 10.4. The minimum Gasteiger partial charge on any atom is -0.126 e. The van der Waals surface area contributed by atoms with Crippen molar-refractivity contribution in [2.24, 2.45) is 0 Å². The van der Waals surface area contributed by atoms with E-state index in [4.69, 9.17) is 0 Å². The highest BCUT2D eigenvalue weighted by Gasteiger charge is 1.79. The molecule has 0 aromatic heterocycles. The summed E-state index contributed by atoms with van der Waals surface area (Å²) in [6.45, 7) is 7.08. The van der Waals surface area contributed by atoms with Crippen LogP contribution in [0.3, 0.4) is 0 Å². The van der Waals surface area contributed by atoms with Crippen LogP contribution in [0, 0.1) is 0 Å². The fourth-order valence-corrected chi connectivity index (χ4v) is 0.0962. The SMILES string of the molecule is C=CC(P)C=C. The number of hydrogen-bond donors (Lipinski definition) is 0. The predicted octanol–water partition coefficient (Wildman–Crippen LogP) is 1.60. The van der Waals surface area contributed by atoms with E-state index in [-0.39, 0.29) is 0 Å². The van der Waals surface area contributed by atoms with Gasteiger partial charge < -0.3 is 0 Å². The molecule has 0 aromatic rings. The molecule has 0 saturated heterocycles. The van der Waals surface area contributed by atoms with Crippen LogP contribution in [0.15, 0.2) is 25.3 Å². The van der Waals surface area contributed by atoms with Gasteiger partial charge in [0.25, 0.3) is 0 Å². The maximum atomic E-state index is 3.54. The molecule has 0 fully saturated rings. The molecule has 0 amide bonds. The molecule has 0 spiro atoms. The molecule has 0 rings (SSSR count). The van der Waals surface area contributed by atoms with Crippen molar-refractivity contribution in [2.75, 3.05) is 0 Å². The highest BCUT2D eigenvalue weighted by atomic mass is 31.0. The maximum absolute atomic E-state index is 3.54. The van der Waals surface area contributed by atoms with Crippen molar-refractivity contribution in [1.82, 2.24) is 0 Å². The zero-order valence-electron chi connectivity index (χ0n) is 3.72. The lowest BCUT2D eigenvalue weighted by Gasteiger charge is -1.88. The summed E-state index contributed by atoms with van der Waals surface area (Å²) in [5.74, 6) is 0. The molecular formula is C5H9P. The molecule has 0 aliphatic heterocycles. The van der Waals surface area contributed by atoms with Gasteiger partial charge in [0.05, 0.1) is 0 Å². The molecule has 0 N–H and O–H groups in total. The number of rotatable bonds is 2. The quantitative estimate of drug-likeness (QED) is 0.365. The van der Waals surface area contributed by atoms with Gasteiger partial charge in [0.1, 0.15) is 0 Å². The Labute approximate surface area is 41.1 Å². The Bertz CT molecular complexity index is 49.0. The number of hydrogen-bond acceptors (Lipinski definition) is 0. The van der Waals surface area contributed by atoms with Gasteiger partial charge in [-0.25, -0.2) is 0 Å². The van der Waals surface area contributed by atoms with Crippen LogP contribution >= 0.6 is 9.24 Å². The van der Waals surface area contributed by atoms with E-state index in [1.807, 2.05) is 12.2 Å². The van der Waals surface area contributed by atoms with Crippen molar-refractivity contribution in [3.63, 3.8) is 0 Å². The third-order valence-electron chi connectivity index (χ3n) is 0.544. The summed E-state index contributed by atoms with van der Waals surface area (Å²) in [4.78, 5) is 0. The second kappa shape index (κ2) is 3.11. The largest absolute Gasteiger partial charge is 0.126 e. The van der Waals surface area contributed by atoms with Crippen LogP contribution in [-0.2, 0) is 0 Å². The van der Waals surface area contributed by atoms with E-state index in [0.29, 0.717) is 5.66 Å². The molecule has 0 nitrogen and oxygen atoms in total. The Hall–Kier alpha value is -0.0900. The lowest BCUT2D eigenvalue weighted by Crippen LogP contribution is -1.78. The molecule has 0 saturated carbocycles. The summed E-state index contributed by atoms with van der Waals surface area (Å²) in [5, 5.41) is 0. The molecule has 6 heavy (non-hydrogen) atoms. The third kappa shape index (κ3) is 2.17. The van der Waals surface area contributed by atoms with Gasteiger partial charge >= 0.3 is 0 Å². The van der Waals surface area contributed by atoms with Crippen LogP contribution in [0.5, 0.6) is 0 Å². The summed E-state index contributed by atoms with van der Waals surface area (Å²) < 4.78 is 0. The summed E-state index contributed by atoms with van der Waals surface area (Å²) in [6, 6.07) is 0. The van der Waals surface area contributed by atoms with Gasteiger partial charge in [-0.3, -0.25) is 0 Å². The van der Waals surface area contributed by atoms with Gasteiger partial charge in [-0.1, -0.05) is 12.2 Å². The minimum atomic E-state index is 0.380. The van der Waals surface area contributed by atoms with Crippen LogP contribution in [0.25, 0.3) is 0 Å². The van der Waals surface area contributed by atoms with Crippen molar-refractivity contribution in [3.05, 3.63) is 25.3 Å². The fourth-order valence-electron chi connectivity index (χ4n) is 0.0962. The average molecular weight is 100 g/mol. The highest BCUT2D eigenvalue weighted by Crippen LogP contribution is 1.98. The first kappa shape index (κ1) is 5.91. The highest BCUT2D eigenvalue weighted by molar-refractivity contribution is 7.18. The van der Waals surface area contributed by atoms with Gasteiger partial charge in [-0.05, 0) is 0 Å². The van der Waals surface area contributed by atoms with Crippen molar-refractivity contribution >= 4 is 9.24 Å². The standard InChI is InChI=1S/C5H9P/c1-3-5(6)4-2/h3-5H,1-2,6H2. The summed E-state index contributed by atoms with van der Waals surface area (Å²) >= 11 is 0. The van der Waals surface area contributed by atoms with Crippen LogP contribution in [0.1, 0.15) is 0 Å². The molecule has 34 valence electrons. The van der Waals surface area contributed by atoms with E-state index in [1.54, 1.807) is 0 Å². The zero-order valence-corrected chi connectivity index (χ0v) is 4.88. The Morgan fingerprint density at radius 2 is 1.67 bits per heavy atom. The van der Waals surface area contributed by atoms with Gasteiger partial charge in [0.2, 0.25) is 0 Å². The Morgan fingerprint density at radius 1 is 1.33 bits per heavy atom. The molecule has 1 unspecified atom stereocenters. The van der Waals surface area contributed by atoms with Crippen molar-refractivity contribution < 1.29 is 0 Å². The first-order chi connectivity index (χ1) is 2.81. The molecule has 0 aromatic carbocycles. The molecule has 0 aliphatic carbocycles. The molecule has 0 radical (unpaired) electrons. The zero-order chi connectivity index (χ0) is 4.99. The Kier molecular flexibility index (Phi) is 3.07. The molecule has 0 bridgehead atoms. The van der Waals surface area contributed by atoms with Crippen molar-refractivity contribution in [1.29, 1.82) is 0 Å². The normalized spacial score (nSPS) is 8.33. The van der Waals surface area contributed by atoms with Crippen LogP contribution in [0.2, 0.25) is 0 Å². The van der Waals surface area contributed by atoms with Crippen LogP contribution < -0.4 is 0 Å². The molecule has 0 heterocycles. The van der Waals surface area contributed by atoms with Crippen molar-refractivity contribution in [2.45, 2.75) is 5.66 Å². The monoisotopic (exact) mass is 100 g/mol. The van der Waals surface area contributed by atoms with E-state index in [1.165, 1.54) is 0 Å². The smallest absolute Gasteiger partial charge is 0.00874 e. The summed E-state index contributed by atoms with van der Waals surface area (Å²) in [5.41, 5.74) is 0.380. The van der Waals surface area contributed by atoms with E-state index in [2.05, 4.69) is 22.4 Å². The first-order valence-electron chi connectivity index (χ1n) is 1.82. The molecule has 1 heteroatoms. The van der Waals surface area contributed by atoms with E-state index < -0.39 is 0 Å². The fraction of sp³-hybridized carbons (Fsp3) is 0.200. The average Bonchev–Trinajstić information content (AvgIpc) is 1.65. The second-order valence-electron chi connectivity index (χ2n) is 1.05. The Balaban J connectivity index is 3.21. The first-order valence-corrected chi connectivity index (χ1v) is 2.48. The van der Waals surface area contributed by atoms with Gasteiger partial charge in [-0.15, -0.1) is 22.4 Å². The topological polar surface area (TPSA) is 0 Å². The van der Waals surface area contributed by atoms with E-state index >= 15 is 0 Å². The second-order valence-corrected chi connectivity index (χ2v) is 1.82. The van der Waals surface area contributed by atoms with E-state index in [9.17, 15) is 0 Å². The lowest BCUT2D eigenvalue weighted by molar-refractivity contribution is 1.45. The number of allylic oxidation sites excluding steroid dienone is 2. The summed E-state index contributed by atoms with van der Waals surface area (Å²) in [6.07, 6.45) is 3.63. The van der Waals surface area contributed by atoms with Crippen LogP contribution in [0.4, 0.5) is 0 Å². The predicted molar refractivity (Wildman–Crippen MR) is 33.9 cm³/mol. The maximum Gasteiger partial charge on any atom is 0.00874 e. The molecule has 0 aliphatic rings. The van der Waals surface area contributed by atoms with Gasteiger partial charge in [-0.2, -0.15) is 0 Å². The summed E-state index contributed by atoms with van der Waals surface area (Å²) in [7, 11) is 2.57. The third-order valence-corrected chi connectivity index (χ3v) is 1.09. The van der Waals surface area contributed by atoms with E-state index in [0.717, 1.165) is 0 Å². The van der Waals surface area contributed by atoms with Crippen molar-refractivity contribution in [3.8, 4) is 0 Å². The van der Waals surface area contributed by atoms with Crippen LogP contribution in [-0.4, -0.2) is 5.66 Å². The van der Waals surface area contributed by atoms with Gasteiger partial charge in [0, 0.05) is 5.66 Å². The Morgan fingerprint density at radius 3 is 1.67 bits per heavy atom.